The summed E-state index contributed by atoms with van der Waals surface area (Å²) in [4.78, 5) is 24.1. The molecule has 2 N–H and O–H groups in total. The third-order valence-electron chi connectivity index (χ3n) is 3.66. The van der Waals surface area contributed by atoms with Gasteiger partial charge in [0.25, 0.3) is 5.91 Å². The molecule has 0 heterocycles. The van der Waals surface area contributed by atoms with Crippen LogP contribution in [-0.4, -0.2) is 24.5 Å². The van der Waals surface area contributed by atoms with Gasteiger partial charge in [0.1, 0.15) is 11.6 Å². The van der Waals surface area contributed by atoms with E-state index in [0.29, 0.717) is 10.2 Å². The van der Waals surface area contributed by atoms with Crippen molar-refractivity contribution in [3.63, 3.8) is 0 Å². The van der Waals surface area contributed by atoms with Crippen LogP contribution in [0, 0.1) is 5.82 Å². The fourth-order valence-corrected chi connectivity index (χ4v) is 2.72. The molecule has 0 aliphatic carbocycles. The minimum atomic E-state index is -0.840. The number of para-hydroxylation sites is 1. The molecule has 0 aromatic heterocycles. The first-order valence-electron chi connectivity index (χ1n) is 8.18. The van der Waals surface area contributed by atoms with Gasteiger partial charge in [-0.05, 0) is 59.1 Å². The molecule has 2 aromatic carbocycles. The van der Waals surface area contributed by atoms with E-state index in [-0.39, 0.29) is 12.5 Å². The van der Waals surface area contributed by atoms with Gasteiger partial charge in [0, 0.05) is 5.69 Å². The van der Waals surface area contributed by atoms with Gasteiger partial charge < -0.3 is 15.4 Å². The highest BCUT2D eigenvalue weighted by Gasteiger charge is 2.17. The minimum absolute atomic E-state index is 0.171. The molecule has 2 aromatic rings. The van der Waals surface area contributed by atoms with Crippen LogP contribution < -0.4 is 15.4 Å². The van der Waals surface area contributed by atoms with Gasteiger partial charge in [-0.25, -0.2) is 4.39 Å². The van der Waals surface area contributed by atoms with E-state index in [0.717, 1.165) is 17.7 Å². The van der Waals surface area contributed by atoms with Crippen LogP contribution in [0.1, 0.15) is 19.4 Å². The monoisotopic (exact) mass is 422 g/mol. The molecule has 2 rings (SSSR count). The van der Waals surface area contributed by atoms with Gasteiger partial charge in [0.2, 0.25) is 5.91 Å². The van der Waals surface area contributed by atoms with Gasteiger partial charge in [0.05, 0.1) is 11.0 Å². The summed E-state index contributed by atoms with van der Waals surface area (Å²) in [5, 5.41) is 5.30. The SMILES string of the molecule is CCc1ccccc1NC(=O)CNC(=O)[C@H](C)Oc1ccc(F)cc1Br. The van der Waals surface area contributed by atoms with Gasteiger partial charge in [-0.3, -0.25) is 9.59 Å². The molecule has 0 fully saturated rings. The van der Waals surface area contributed by atoms with Crippen LogP contribution in [0.4, 0.5) is 10.1 Å². The van der Waals surface area contributed by atoms with Crippen LogP contribution in [0.3, 0.4) is 0 Å². The number of carbonyl (C=O) groups is 2. The smallest absolute Gasteiger partial charge is 0.261 e. The van der Waals surface area contributed by atoms with Crippen molar-refractivity contribution in [1.29, 1.82) is 0 Å². The summed E-state index contributed by atoms with van der Waals surface area (Å²) in [7, 11) is 0. The molecule has 0 spiro atoms. The molecule has 0 aliphatic rings. The Labute approximate surface area is 160 Å². The van der Waals surface area contributed by atoms with E-state index in [2.05, 4.69) is 26.6 Å². The molecule has 138 valence electrons. The second kappa shape index (κ2) is 9.33. The molecule has 7 heteroatoms. The predicted octanol–water partition coefficient (Wildman–Crippen LogP) is 3.67. The van der Waals surface area contributed by atoms with Crippen molar-refractivity contribution in [3.8, 4) is 5.75 Å². The lowest BCUT2D eigenvalue weighted by molar-refractivity contribution is -0.129. The Kier molecular flexibility index (Phi) is 7.15. The molecule has 0 aliphatic heterocycles. The summed E-state index contributed by atoms with van der Waals surface area (Å²) >= 11 is 3.18. The molecule has 26 heavy (non-hydrogen) atoms. The topological polar surface area (TPSA) is 67.4 Å². The van der Waals surface area contributed by atoms with Crippen LogP contribution in [-0.2, 0) is 16.0 Å². The number of rotatable bonds is 7. The summed E-state index contributed by atoms with van der Waals surface area (Å²) in [5.41, 5.74) is 1.75. The minimum Gasteiger partial charge on any atom is -0.480 e. The highest BCUT2D eigenvalue weighted by atomic mass is 79.9. The molecule has 0 unspecified atom stereocenters. The van der Waals surface area contributed by atoms with Crippen LogP contribution in [0.15, 0.2) is 46.9 Å². The molecule has 0 bridgehead atoms. The molecule has 0 radical (unpaired) electrons. The van der Waals surface area contributed by atoms with E-state index in [9.17, 15) is 14.0 Å². The maximum Gasteiger partial charge on any atom is 0.261 e. The van der Waals surface area contributed by atoms with E-state index >= 15 is 0 Å². The van der Waals surface area contributed by atoms with Gasteiger partial charge in [0.15, 0.2) is 6.10 Å². The molecule has 5 nitrogen and oxygen atoms in total. The highest BCUT2D eigenvalue weighted by molar-refractivity contribution is 9.10. The Balaban J connectivity index is 1.86. The van der Waals surface area contributed by atoms with Gasteiger partial charge in [-0.15, -0.1) is 0 Å². The Morgan fingerprint density at radius 2 is 1.96 bits per heavy atom. The van der Waals surface area contributed by atoms with Crippen molar-refractivity contribution in [2.75, 3.05) is 11.9 Å². The highest BCUT2D eigenvalue weighted by Crippen LogP contribution is 2.26. The standard InChI is InChI=1S/C19H20BrFN2O3/c1-3-13-6-4-5-7-16(13)23-18(24)11-22-19(25)12(2)26-17-9-8-14(21)10-15(17)20/h4-10,12H,3,11H2,1-2H3,(H,22,25)(H,23,24)/t12-/m0/s1. The number of carbonyl (C=O) groups excluding carboxylic acids is 2. The number of aryl methyl sites for hydroxylation is 1. The zero-order valence-electron chi connectivity index (χ0n) is 14.5. The van der Waals surface area contributed by atoms with Crippen molar-refractivity contribution in [2.45, 2.75) is 26.4 Å². The van der Waals surface area contributed by atoms with Gasteiger partial charge in [-0.1, -0.05) is 25.1 Å². The van der Waals surface area contributed by atoms with E-state index < -0.39 is 17.8 Å². The first kappa shape index (κ1) is 19.9. The lowest BCUT2D eigenvalue weighted by Crippen LogP contribution is -2.40. The van der Waals surface area contributed by atoms with Crippen LogP contribution in [0.2, 0.25) is 0 Å². The maximum absolute atomic E-state index is 13.1. The van der Waals surface area contributed by atoms with Crippen molar-refractivity contribution < 1.29 is 18.7 Å². The summed E-state index contributed by atoms with van der Waals surface area (Å²) in [6, 6.07) is 11.4. The average Bonchev–Trinajstić information content (AvgIpc) is 2.62. The second-order valence-electron chi connectivity index (χ2n) is 5.61. The number of halogens is 2. The van der Waals surface area contributed by atoms with Gasteiger partial charge in [-0.2, -0.15) is 0 Å². The lowest BCUT2D eigenvalue weighted by Gasteiger charge is -2.16. The number of amides is 2. The molecule has 0 saturated heterocycles. The first-order chi connectivity index (χ1) is 12.4. The average molecular weight is 423 g/mol. The Hall–Kier alpha value is -2.41. The summed E-state index contributed by atoms with van der Waals surface area (Å²) in [6.07, 6.45) is -0.0484. The van der Waals surface area contributed by atoms with E-state index in [4.69, 9.17) is 4.74 Å². The zero-order chi connectivity index (χ0) is 19.1. The quantitative estimate of drug-likeness (QED) is 0.714. The lowest BCUT2D eigenvalue weighted by atomic mass is 10.1. The van der Waals surface area contributed by atoms with Crippen LogP contribution >= 0.6 is 15.9 Å². The number of anilines is 1. The number of hydrogen-bond acceptors (Lipinski definition) is 3. The maximum atomic E-state index is 13.1. The van der Waals surface area contributed by atoms with Crippen molar-refractivity contribution in [1.82, 2.24) is 5.32 Å². The molecular weight excluding hydrogens is 403 g/mol. The number of hydrogen-bond donors (Lipinski definition) is 2. The number of ether oxygens (including phenoxy) is 1. The van der Waals surface area contributed by atoms with Crippen molar-refractivity contribution >= 4 is 33.4 Å². The van der Waals surface area contributed by atoms with E-state index in [1.807, 2.05) is 31.2 Å². The second-order valence-corrected chi connectivity index (χ2v) is 6.47. The zero-order valence-corrected chi connectivity index (χ0v) is 16.1. The molecule has 1 atom stereocenters. The Morgan fingerprint density at radius 1 is 1.23 bits per heavy atom. The normalized spacial score (nSPS) is 11.5. The van der Waals surface area contributed by atoms with Crippen LogP contribution in [0.5, 0.6) is 5.75 Å². The number of benzene rings is 2. The van der Waals surface area contributed by atoms with E-state index in [1.54, 1.807) is 6.92 Å². The van der Waals surface area contributed by atoms with E-state index in [1.165, 1.54) is 18.2 Å². The van der Waals surface area contributed by atoms with Gasteiger partial charge >= 0.3 is 0 Å². The third-order valence-corrected chi connectivity index (χ3v) is 4.28. The molecule has 0 saturated carbocycles. The first-order valence-corrected chi connectivity index (χ1v) is 8.97. The largest absolute Gasteiger partial charge is 0.480 e. The molecular formula is C19H20BrFN2O3. The third kappa shape index (κ3) is 5.56. The van der Waals surface area contributed by atoms with Crippen LogP contribution in [0.25, 0.3) is 0 Å². The fraction of sp³-hybridized carbons (Fsp3) is 0.263. The summed E-state index contributed by atoms with van der Waals surface area (Å²) < 4.78 is 19.0. The predicted molar refractivity (Wildman–Crippen MR) is 102 cm³/mol. The summed E-state index contributed by atoms with van der Waals surface area (Å²) in [5.74, 6) is -0.838. The Bertz CT molecular complexity index is 798. The van der Waals surface area contributed by atoms with Crippen molar-refractivity contribution in [2.24, 2.45) is 0 Å². The number of nitrogens with one attached hydrogen (secondary N) is 2. The Morgan fingerprint density at radius 3 is 2.65 bits per heavy atom. The van der Waals surface area contributed by atoms with Crippen molar-refractivity contribution in [3.05, 3.63) is 58.3 Å². The fourth-order valence-electron chi connectivity index (χ4n) is 2.27. The molecule has 2 amide bonds. The summed E-state index contributed by atoms with van der Waals surface area (Å²) in [6.45, 7) is 3.38.